The van der Waals surface area contributed by atoms with Crippen molar-refractivity contribution in [2.75, 3.05) is 39.3 Å². The molecule has 5 nitrogen and oxygen atoms in total. The molecule has 0 aromatic carbocycles. The number of carbonyl (C=O) groups is 1. The highest BCUT2D eigenvalue weighted by Crippen LogP contribution is 2.09. The minimum absolute atomic E-state index is 0.0320. The summed E-state index contributed by atoms with van der Waals surface area (Å²) in [6, 6.07) is 1.69. The Kier molecular flexibility index (Phi) is 4.17. The van der Waals surface area contributed by atoms with E-state index in [-0.39, 0.29) is 12.5 Å². The Hall–Kier alpha value is -1.33. The molecule has 0 spiro atoms. The van der Waals surface area contributed by atoms with Crippen molar-refractivity contribution in [3.63, 3.8) is 0 Å². The summed E-state index contributed by atoms with van der Waals surface area (Å²) in [6.07, 6.45) is 3.95. The van der Waals surface area contributed by atoms with E-state index in [2.05, 4.69) is 4.90 Å². The molecule has 0 radical (unpaired) electrons. The van der Waals surface area contributed by atoms with E-state index in [0.717, 1.165) is 26.1 Å². The summed E-state index contributed by atoms with van der Waals surface area (Å²) in [7, 11) is 0. The van der Waals surface area contributed by atoms with E-state index in [1.807, 2.05) is 4.90 Å². The van der Waals surface area contributed by atoms with Gasteiger partial charge in [-0.05, 0) is 19.0 Å². The number of hydrogen-bond donors (Lipinski definition) is 1. The van der Waals surface area contributed by atoms with Crippen molar-refractivity contribution in [1.29, 1.82) is 0 Å². The normalized spacial score (nSPS) is 18.1. The highest BCUT2D eigenvalue weighted by molar-refractivity contribution is 5.93. The number of aliphatic hydroxyl groups excluding tert-OH is 1. The van der Waals surface area contributed by atoms with Gasteiger partial charge in [-0.2, -0.15) is 0 Å². The lowest BCUT2D eigenvalue weighted by Crippen LogP contribution is -2.35. The average molecular weight is 238 g/mol. The molecular formula is C12H18N2O3. The van der Waals surface area contributed by atoms with Gasteiger partial charge < -0.3 is 14.4 Å². The Morgan fingerprint density at radius 2 is 2.24 bits per heavy atom. The Bertz CT molecular complexity index is 351. The van der Waals surface area contributed by atoms with Crippen LogP contribution in [0, 0.1) is 0 Å². The first-order valence-electron chi connectivity index (χ1n) is 5.96. The molecule has 1 aromatic heterocycles. The highest BCUT2D eigenvalue weighted by atomic mass is 16.3. The Labute approximate surface area is 101 Å². The van der Waals surface area contributed by atoms with Gasteiger partial charge in [-0.25, -0.2) is 0 Å². The fourth-order valence-corrected chi connectivity index (χ4v) is 2.11. The fourth-order valence-electron chi connectivity index (χ4n) is 2.11. The third-order valence-corrected chi connectivity index (χ3v) is 3.06. The molecule has 1 aliphatic rings. The molecule has 17 heavy (non-hydrogen) atoms. The van der Waals surface area contributed by atoms with Crippen molar-refractivity contribution in [2.45, 2.75) is 6.42 Å². The lowest BCUT2D eigenvalue weighted by molar-refractivity contribution is 0.0760. The number of furan rings is 1. The van der Waals surface area contributed by atoms with Crippen LogP contribution in [0.4, 0.5) is 0 Å². The summed E-state index contributed by atoms with van der Waals surface area (Å²) in [5, 5.41) is 8.90. The summed E-state index contributed by atoms with van der Waals surface area (Å²) >= 11 is 0. The van der Waals surface area contributed by atoms with Crippen molar-refractivity contribution < 1.29 is 14.3 Å². The molecule has 1 aromatic rings. The van der Waals surface area contributed by atoms with E-state index in [0.29, 0.717) is 18.7 Å². The molecule has 2 rings (SSSR count). The van der Waals surface area contributed by atoms with Gasteiger partial charge in [0.15, 0.2) is 0 Å². The van der Waals surface area contributed by atoms with Crippen molar-refractivity contribution in [3.8, 4) is 0 Å². The van der Waals surface area contributed by atoms with Crippen LogP contribution in [0.3, 0.4) is 0 Å². The molecule has 2 heterocycles. The number of amides is 1. The second-order valence-electron chi connectivity index (χ2n) is 4.22. The zero-order valence-electron chi connectivity index (χ0n) is 9.84. The SMILES string of the molecule is O=C(c1ccoc1)N1CCCN(CCO)CC1. The monoisotopic (exact) mass is 238 g/mol. The van der Waals surface area contributed by atoms with Gasteiger partial charge >= 0.3 is 0 Å². The number of hydrogen-bond acceptors (Lipinski definition) is 4. The van der Waals surface area contributed by atoms with Crippen LogP contribution in [-0.4, -0.2) is 60.1 Å². The van der Waals surface area contributed by atoms with Crippen molar-refractivity contribution in [3.05, 3.63) is 24.2 Å². The van der Waals surface area contributed by atoms with E-state index >= 15 is 0 Å². The second kappa shape index (κ2) is 5.84. The summed E-state index contributed by atoms with van der Waals surface area (Å²) in [5.74, 6) is 0.0320. The van der Waals surface area contributed by atoms with Gasteiger partial charge in [0.2, 0.25) is 0 Å². The van der Waals surface area contributed by atoms with Gasteiger partial charge in [-0.3, -0.25) is 9.69 Å². The minimum atomic E-state index is 0.0320. The van der Waals surface area contributed by atoms with Crippen LogP contribution in [0.25, 0.3) is 0 Å². The van der Waals surface area contributed by atoms with E-state index < -0.39 is 0 Å². The third kappa shape index (κ3) is 3.08. The third-order valence-electron chi connectivity index (χ3n) is 3.06. The first kappa shape index (κ1) is 12.1. The van der Waals surface area contributed by atoms with Gasteiger partial charge in [-0.1, -0.05) is 0 Å². The fraction of sp³-hybridized carbons (Fsp3) is 0.583. The molecule has 0 atom stereocenters. The molecule has 0 bridgehead atoms. The van der Waals surface area contributed by atoms with Gasteiger partial charge in [0.05, 0.1) is 18.4 Å². The average Bonchev–Trinajstić information content (AvgIpc) is 2.76. The molecule has 1 N–H and O–H groups in total. The Morgan fingerprint density at radius 3 is 2.94 bits per heavy atom. The summed E-state index contributed by atoms with van der Waals surface area (Å²) in [4.78, 5) is 16.1. The molecule has 0 aliphatic carbocycles. The maximum absolute atomic E-state index is 12.1. The molecular weight excluding hydrogens is 220 g/mol. The van der Waals surface area contributed by atoms with E-state index in [4.69, 9.17) is 9.52 Å². The van der Waals surface area contributed by atoms with Crippen LogP contribution in [0.5, 0.6) is 0 Å². The van der Waals surface area contributed by atoms with Gasteiger partial charge in [0.1, 0.15) is 6.26 Å². The van der Waals surface area contributed by atoms with Crippen LogP contribution in [0.15, 0.2) is 23.0 Å². The minimum Gasteiger partial charge on any atom is -0.472 e. The smallest absolute Gasteiger partial charge is 0.257 e. The molecule has 0 unspecified atom stereocenters. The predicted molar refractivity (Wildman–Crippen MR) is 62.8 cm³/mol. The molecule has 94 valence electrons. The van der Waals surface area contributed by atoms with Crippen molar-refractivity contribution >= 4 is 5.91 Å². The van der Waals surface area contributed by atoms with Gasteiger partial charge in [0.25, 0.3) is 5.91 Å². The topological polar surface area (TPSA) is 56.9 Å². The quantitative estimate of drug-likeness (QED) is 0.829. The number of aliphatic hydroxyl groups is 1. The summed E-state index contributed by atoms with van der Waals surface area (Å²) < 4.78 is 4.93. The van der Waals surface area contributed by atoms with Crippen LogP contribution < -0.4 is 0 Å². The predicted octanol–water partition coefficient (Wildman–Crippen LogP) is 0.420. The first-order valence-corrected chi connectivity index (χ1v) is 5.96. The van der Waals surface area contributed by atoms with Crippen LogP contribution in [-0.2, 0) is 0 Å². The highest BCUT2D eigenvalue weighted by Gasteiger charge is 2.20. The second-order valence-corrected chi connectivity index (χ2v) is 4.22. The summed E-state index contributed by atoms with van der Waals surface area (Å²) in [5.41, 5.74) is 0.612. The van der Waals surface area contributed by atoms with Crippen molar-refractivity contribution in [1.82, 2.24) is 9.80 Å². The standard InChI is InChI=1S/C12H18N2O3/c15-8-7-13-3-1-4-14(6-5-13)12(16)11-2-9-17-10-11/h2,9-10,15H,1,3-8H2. The molecule has 1 fully saturated rings. The number of nitrogens with zero attached hydrogens (tertiary/aromatic N) is 2. The van der Waals surface area contributed by atoms with E-state index in [1.165, 1.54) is 12.5 Å². The first-order chi connectivity index (χ1) is 8.31. The van der Waals surface area contributed by atoms with E-state index in [9.17, 15) is 4.79 Å². The maximum Gasteiger partial charge on any atom is 0.257 e. The van der Waals surface area contributed by atoms with Gasteiger partial charge in [-0.15, -0.1) is 0 Å². The number of β-amino-alcohol motifs (C(OH)–C–C–N with tert-alkyl or cyclic N) is 1. The number of carbonyl (C=O) groups excluding carboxylic acids is 1. The lowest BCUT2D eigenvalue weighted by atomic mass is 10.3. The van der Waals surface area contributed by atoms with E-state index in [1.54, 1.807) is 6.07 Å². The zero-order valence-corrected chi connectivity index (χ0v) is 9.84. The van der Waals surface area contributed by atoms with Crippen molar-refractivity contribution in [2.24, 2.45) is 0 Å². The summed E-state index contributed by atoms with van der Waals surface area (Å²) in [6.45, 7) is 4.11. The van der Waals surface area contributed by atoms with Crippen LogP contribution in [0.2, 0.25) is 0 Å². The maximum atomic E-state index is 12.1. The van der Waals surface area contributed by atoms with Crippen LogP contribution >= 0.6 is 0 Å². The largest absolute Gasteiger partial charge is 0.472 e. The molecule has 0 saturated carbocycles. The van der Waals surface area contributed by atoms with Crippen LogP contribution in [0.1, 0.15) is 16.8 Å². The zero-order chi connectivity index (χ0) is 12.1. The molecule has 1 aliphatic heterocycles. The molecule has 1 amide bonds. The van der Waals surface area contributed by atoms with Gasteiger partial charge in [0, 0.05) is 26.2 Å². The lowest BCUT2D eigenvalue weighted by Gasteiger charge is -2.20. The Balaban J connectivity index is 1.92. The molecule has 1 saturated heterocycles. The Morgan fingerprint density at radius 1 is 1.35 bits per heavy atom. The number of rotatable bonds is 3. The molecule has 5 heteroatoms.